The molecule has 22 heavy (non-hydrogen) atoms. The van der Waals surface area contributed by atoms with Gasteiger partial charge in [-0.2, -0.15) is 0 Å². The number of hydrogen-bond donors (Lipinski definition) is 2. The van der Waals surface area contributed by atoms with E-state index in [0.717, 1.165) is 25.8 Å². The van der Waals surface area contributed by atoms with Gasteiger partial charge in [-0.1, -0.05) is 30.3 Å². The number of benzene rings is 1. The largest absolute Gasteiger partial charge is 0.392 e. The topological polar surface area (TPSA) is 52.6 Å². The molecule has 0 bridgehead atoms. The molecule has 2 fully saturated rings. The fourth-order valence-corrected chi connectivity index (χ4v) is 3.96. The van der Waals surface area contributed by atoms with E-state index in [4.69, 9.17) is 0 Å². The summed E-state index contributed by atoms with van der Waals surface area (Å²) in [4.78, 5) is 14.5. The van der Waals surface area contributed by atoms with Gasteiger partial charge >= 0.3 is 0 Å². The van der Waals surface area contributed by atoms with Crippen LogP contribution in [-0.4, -0.2) is 52.2 Å². The van der Waals surface area contributed by atoms with Gasteiger partial charge in [0.05, 0.1) is 10.9 Å². The van der Waals surface area contributed by atoms with Gasteiger partial charge in [0.1, 0.15) is 0 Å². The number of thioether (sulfide) groups is 1. The van der Waals surface area contributed by atoms with E-state index in [1.54, 1.807) is 11.8 Å². The van der Waals surface area contributed by atoms with Gasteiger partial charge in [0.2, 0.25) is 5.91 Å². The number of amides is 1. The first kappa shape index (κ1) is 15.8. The second-order valence-electron chi connectivity index (χ2n) is 6.37. The molecule has 2 N–H and O–H groups in total. The number of carbonyl (C=O) groups is 1. The van der Waals surface area contributed by atoms with Crippen molar-refractivity contribution in [2.45, 2.75) is 42.7 Å². The van der Waals surface area contributed by atoms with Gasteiger partial charge in [-0.05, 0) is 31.1 Å². The summed E-state index contributed by atoms with van der Waals surface area (Å²) < 4.78 is -0.165. The Morgan fingerprint density at radius 3 is 2.77 bits per heavy atom. The lowest BCUT2D eigenvalue weighted by atomic mass is 10.1. The minimum Gasteiger partial charge on any atom is -0.392 e. The van der Waals surface area contributed by atoms with Crippen molar-refractivity contribution in [1.82, 2.24) is 10.2 Å². The zero-order chi connectivity index (χ0) is 15.6. The number of aliphatic hydroxyl groups excluding tert-OH is 1. The molecule has 1 saturated heterocycles. The van der Waals surface area contributed by atoms with E-state index in [1.807, 2.05) is 24.5 Å². The molecule has 0 aromatic heterocycles. The number of rotatable bonds is 6. The van der Waals surface area contributed by atoms with Gasteiger partial charge in [-0.15, -0.1) is 11.8 Å². The summed E-state index contributed by atoms with van der Waals surface area (Å²) in [5.41, 5.74) is 1.25. The third-order valence-electron chi connectivity index (χ3n) is 4.74. The Kier molecular flexibility index (Phi) is 4.76. The predicted molar refractivity (Wildman–Crippen MR) is 89.8 cm³/mol. The number of carbonyl (C=O) groups excluding carboxylic acids is 1. The van der Waals surface area contributed by atoms with E-state index in [2.05, 4.69) is 22.3 Å². The molecular weight excluding hydrogens is 296 g/mol. The number of nitrogens with zero attached hydrogens (tertiary/aromatic N) is 1. The summed E-state index contributed by atoms with van der Waals surface area (Å²) in [6.45, 7) is 2.14. The van der Waals surface area contributed by atoms with E-state index >= 15 is 0 Å². The van der Waals surface area contributed by atoms with E-state index in [0.29, 0.717) is 13.1 Å². The lowest BCUT2D eigenvalue weighted by Crippen LogP contribution is -2.43. The smallest absolute Gasteiger partial charge is 0.236 e. The summed E-state index contributed by atoms with van der Waals surface area (Å²) >= 11 is 1.66. The molecule has 1 heterocycles. The van der Waals surface area contributed by atoms with Crippen molar-refractivity contribution in [2.24, 2.45) is 0 Å². The van der Waals surface area contributed by atoms with Crippen molar-refractivity contribution < 1.29 is 9.90 Å². The molecular formula is C17H24N2O2S. The number of nitrogens with one attached hydrogen (secondary N) is 1. The predicted octanol–water partition coefficient (Wildman–Crippen LogP) is 1.63. The Balaban J connectivity index is 1.56. The molecule has 1 saturated carbocycles. The van der Waals surface area contributed by atoms with Gasteiger partial charge in [0.25, 0.3) is 0 Å². The van der Waals surface area contributed by atoms with Gasteiger partial charge in [0.15, 0.2) is 0 Å². The number of hydrogen-bond acceptors (Lipinski definition) is 4. The summed E-state index contributed by atoms with van der Waals surface area (Å²) in [7, 11) is 0. The first-order valence-electron chi connectivity index (χ1n) is 7.92. The van der Waals surface area contributed by atoms with Crippen LogP contribution in [0.15, 0.2) is 30.3 Å². The quantitative estimate of drug-likeness (QED) is 0.836. The standard InChI is InChI=1S/C17H24N2O2S/c1-22-17(7-8-17)16(21)18-10-14-9-15(20)12-19(14)11-13-5-3-2-4-6-13/h2-6,14-15,20H,7-12H2,1H3,(H,18,21)/t14-,15-/m0/s1. The number of β-amino-alcohol motifs (C(OH)–C–C–N with tert-alkyl or cyclic N) is 1. The van der Waals surface area contributed by atoms with E-state index in [9.17, 15) is 9.90 Å². The maximum absolute atomic E-state index is 12.2. The molecule has 2 atom stereocenters. The van der Waals surface area contributed by atoms with Crippen molar-refractivity contribution in [1.29, 1.82) is 0 Å². The maximum Gasteiger partial charge on any atom is 0.236 e. The Morgan fingerprint density at radius 1 is 1.41 bits per heavy atom. The van der Waals surface area contributed by atoms with Gasteiger partial charge in [-0.3, -0.25) is 9.69 Å². The average molecular weight is 320 g/mol. The van der Waals surface area contributed by atoms with Crippen molar-refractivity contribution in [3.8, 4) is 0 Å². The zero-order valence-electron chi connectivity index (χ0n) is 13.0. The van der Waals surface area contributed by atoms with Gasteiger partial charge in [-0.25, -0.2) is 0 Å². The minimum absolute atomic E-state index is 0.165. The third kappa shape index (κ3) is 3.47. The minimum atomic E-state index is -0.291. The first-order chi connectivity index (χ1) is 10.6. The molecule has 1 aromatic rings. The lowest BCUT2D eigenvalue weighted by Gasteiger charge is -2.25. The van der Waals surface area contributed by atoms with Crippen LogP contribution >= 0.6 is 11.8 Å². The van der Waals surface area contributed by atoms with Gasteiger partial charge in [0, 0.05) is 25.7 Å². The fraction of sp³-hybridized carbons (Fsp3) is 0.588. The highest BCUT2D eigenvalue weighted by atomic mass is 32.2. The summed E-state index contributed by atoms with van der Waals surface area (Å²) in [6, 6.07) is 10.5. The van der Waals surface area contributed by atoms with Crippen molar-refractivity contribution in [3.05, 3.63) is 35.9 Å². The molecule has 5 heteroatoms. The van der Waals surface area contributed by atoms with Crippen LogP contribution in [0.2, 0.25) is 0 Å². The normalized spacial score (nSPS) is 26.8. The van der Waals surface area contributed by atoms with Crippen LogP contribution in [0.5, 0.6) is 0 Å². The molecule has 1 aliphatic heterocycles. The van der Waals surface area contributed by atoms with Crippen LogP contribution in [0.3, 0.4) is 0 Å². The monoisotopic (exact) mass is 320 g/mol. The molecule has 1 aromatic carbocycles. The highest BCUT2D eigenvalue weighted by molar-refractivity contribution is 8.01. The second-order valence-corrected chi connectivity index (χ2v) is 7.56. The highest BCUT2D eigenvalue weighted by Gasteiger charge is 2.49. The van der Waals surface area contributed by atoms with Crippen LogP contribution in [0.25, 0.3) is 0 Å². The number of likely N-dealkylation sites (tertiary alicyclic amines) is 1. The first-order valence-corrected chi connectivity index (χ1v) is 9.15. The SMILES string of the molecule is CSC1(C(=O)NC[C@@H]2C[C@H](O)CN2Cc2ccccc2)CC1. The van der Waals surface area contributed by atoms with Gasteiger partial charge < -0.3 is 10.4 Å². The van der Waals surface area contributed by atoms with E-state index in [1.165, 1.54) is 5.56 Å². The van der Waals surface area contributed by atoms with Crippen LogP contribution in [0.1, 0.15) is 24.8 Å². The zero-order valence-corrected chi connectivity index (χ0v) is 13.8. The Morgan fingerprint density at radius 2 is 2.14 bits per heavy atom. The molecule has 120 valence electrons. The van der Waals surface area contributed by atoms with Crippen molar-refractivity contribution in [2.75, 3.05) is 19.3 Å². The highest BCUT2D eigenvalue weighted by Crippen LogP contribution is 2.47. The molecule has 3 rings (SSSR count). The third-order valence-corrected chi connectivity index (χ3v) is 6.12. The molecule has 0 radical (unpaired) electrons. The van der Waals surface area contributed by atoms with Crippen LogP contribution in [-0.2, 0) is 11.3 Å². The van der Waals surface area contributed by atoms with E-state index in [-0.39, 0.29) is 22.8 Å². The molecule has 1 aliphatic carbocycles. The lowest BCUT2D eigenvalue weighted by molar-refractivity contribution is -0.121. The average Bonchev–Trinajstić information content (AvgIpc) is 3.25. The number of aliphatic hydroxyl groups is 1. The van der Waals surface area contributed by atoms with Crippen LogP contribution < -0.4 is 5.32 Å². The summed E-state index contributed by atoms with van der Waals surface area (Å²) in [5, 5.41) is 13.1. The molecule has 2 aliphatic rings. The van der Waals surface area contributed by atoms with Crippen LogP contribution in [0.4, 0.5) is 0 Å². The second kappa shape index (κ2) is 6.60. The van der Waals surface area contributed by atoms with E-state index < -0.39 is 0 Å². The van der Waals surface area contributed by atoms with Crippen molar-refractivity contribution >= 4 is 17.7 Å². The summed E-state index contributed by atoms with van der Waals surface area (Å²) in [5.74, 6) is 0.168. The Labute approximate surface area is 136 Å². The molecule has 1 amide bonds. The van der Waals surface area contributed by atoms with Crippen LogP contribution in [0, 0.1) is 0 Å². The molecule has 4 nitrogen and oxygen atoms in total. The fourth-order valence-electron chi connectivity index (χ4n) is 3.19. The maximum atomic E-state index is 12.2. The Bertz CT molecular complexity index is 519. The summed E-state index contributed by atoms with van der Waals surface area (Å²) in [6.07, 6.45) is 4.43. The Hall–Kier alpha value is -1.04. The molecule has 0 unspecified atom stereocenters. The van der Waals surface area contributed by atoms with Crippen molar-refractivity contribution in [3.63, 3.8) is 0 Å². The molecule has 0 spiro atoms.